The van der Waals surface area contributed by atoms with Gasteiger partial charge in [-0.15, -0.1) is 0 Å². The molecule has 0 aliphatic carbocycles. The molecule has 0 spiro atoms. The summed E-state index contributed by atoms with van der Waals surface area (Å²) in [6.07, 6.45) is 0. The molecule has 0 saturated heterocycles. The first-order valence-corrected chi connectivity index (χ1v) is 10.8. The Kier molecular flexibility index (Phi) is 4.52. The van der Waals surface area contributed by atoms with Crippen molar-refractivity contribution >= 4 is 32.3 Å². The van der Waals surface area contributed by atoms with Gasteiger partial charge in [0.15, 0.2) is 11.6 Å². The predicted molar refractivity (Wildman–Crippen MR) is 133 cm³/mol. The number of hydrogen-bond donors (Lipinski definition) is 2. The largest absolute Gasteiger partial charge is 0.507 e. The second-order valence-electron chi connectivity index (χ2n) is 7.99. The molecule has 0 saturated carbocycles. The fourth-order valence-corrected chi connectivity index (χ4v) is 4.48. The number of aromatic hydroxyl groups is 2. The van der Waals surface area contributed by atoms with Crippen LogP contribution in [0.25, 0.3) is 55.1 Å². The molecule has 1 heterocycles. The second-order valence-corrected chi connectivity index (χ2v) is 7.99. The highest BCUT2D eigenvalue weighted by atomic mass is 16.5. The molecule has 0 bridgehead atoms. The molecule has 0 radical (unpaired) electrons. The molecule has 0 fully saturated rings. The van der Waals surface area contributed by atoms with Crippen LogP contribution in [0.5, 0.6) is 17.5 Å². The van der Waals surface area contributed by atoms with Crippen LogP contribution in [0.2, 0.25) is 0 Å². The molecule has 6 heteroatoms. The van der Waals surface area contributed by atoms with Gasteiger partial charge in [-0.3, -0.25) is 0 Å². The summed E-state index contributed by atoms with van der Waals surface area (Å²) in [5, 5.41) is 27.3. The number of phenolic OH excluding ortho intramolecular Hbond substituents is 2. The van der Waals surface area contributed by atoms with Gasteiger partial charge in [-0.25, -0.2) is 4.98 Å². The van der Waals surface area contributed by atoms with Gasteiger partial charge in [0, 0.05) is 5.56 Å². The topological polar surface area (TPSA) is 88.4 Å². The van der Waals surface area contributed by atoms with Gasteiger partial charge in [-0.2, -0.15) is 9.97 Å². The first-order valence-electron chi connectivity index (χ1n) is 10.8. The lowest BCUT2D eigenvalue weighted by Crippen LogP contribution is -2.01. The van der Waals surface area contributed by atoms with Gasteiger partial charge in [-0.1, -0.05) is 66.7 Å². The van der Waals surface area contributed by atoms with E-state index in [-0.39, 0.29) is 28.9 Å². The summed E-state index contributed by atoms with van der Waals surface area (Å²) in [6, 6.07) is 27.3. The third kappa shape index (κ3) is 3.08. The average molecular weight is 445 g/mol. The minimum absolute atomic E-state index is 0.0877. The van der Waals surface area contributed by atoms with Crippen molar-refractivity contribution in [1.29, 1.82) is 0 Å². The molecule has 0 unspecified atom stereocenters. The molecule has 5 aromatic carbocycles. The summed E-state index contributed by atoms with van der Waals surface area (Å²) < 4.78 is 5.36. The smallest absolute Gasteiger partial charge is 0.320 e. The number of nitrogens with zero attached hydrogens (tertiary/aromatic N) is 3. The minimum Gasteiger partial charge on any atom is -0.507 e. The summed E-state index contributed by atoms with van der Waals surface area (Å²) in [6.45, 7) is 0. The SMILES string of the molecule is COc1nc(-c2c(O)cccc2O)nc(-c2cc3c4ccccc4ccc3c3ccccc23)n1. The van der Waals surface area contributed by atoms with Crippen molar-refractivity contribution in [2.75, 3.05) is 7.11 Å². The van der Waals surface area contributed by atoms with E-state index in [2.05, 4.69) is 51.4 Å². The van der Waals surface area contributed by atoms with Gasteiger partial charge >= 0.3 is 6.01 Å². The molecule has 6 nitrogen and oxygen atoms in total. The van der Waals surface area contributed by atoms with Crippen LogP contribution < -0.4 is 4.74 Å². The Morgan fingerprint density at radius 1 is 0.588 bits per heavy atom. The first kappa shape index (κ1) is 19.9. The van der Waals surface area contributed by atoms with Crippen molar-refractivity contribution in [3.8, 4) is 40.3 Å². The van der Waals surface area contributed by atoms with Gasteiger partial charge in [0.2, 0.25) is 0 Å². The molecular weight excluding hydrogens is 426 g/mol. The van der Waals surface area contributed by atoms with E-state index in [1.54, 1.807) is 6.07 Å². The first-order chi connectivity index (χ1) is 16.6. The Hall–Kier alpha value is -4.71. The molecule has 2 N–H and O–H groups in total. The van der Waals surface area contributed by atoms with Crippen LogP contribution in [0.1, 0.15) is 0 Å². The summed E-state index contributed by atoms with van der Waals surface area (Å²) in [5.41, 5.74) is 0.927. The number of benzene rings is 5. The van der Waals surface area contributed by atoms with Crippen molar-refractivity contribution in [2.24, 2.45) is 0 Å². The molecule has 0 atom stereocenters. The van der Waals surface area contributed by atoms with E-state index >= 15 is 0 Å². The summed E-state index contributed by atoms with van der Waals surface area (Å²) in [4.78, 5) is 13.5. The Labute approximate surface area is 194 Å². The molecule has 164 valence electrons. The normalized spacial score (nSPS) is 11.3. The van der Waals surface area contributed by atoms with Gasteiger partial charge in [0.1, 0.15) is 17.1 Å². The zero-order valence-corrected chi connectivity index (χ0v) is 18.2. The lowest BCUT2D eigenvalue weighted by atomic mass is 9.93. The zero-order valence-electron chi connectivity index (χ0n) is 18.2. The van der Waals surface area contributed by atoms with Crippen LogP contribution >= 0.6 is 0 Å². The van der Waals surface area contributed by atoms with Crippen LogP contribution in [0.3, 0.4) is 0 Å². The Morgan fingerprint density at radius 3 is 2.00 bits per heavy atom. The van der Waals surface area contributed by atoms with Gasteiger partial charge in [0.05, 0.1) is 7.11 Å². The van der Waals surface area contributed by atoms with Gasteiger partial charge in [-0.05, 0) is 50.5 Å². The lowest BCUT2D eigenvalue weighted by Gasteiger charge is -2.13. The molecule has 0 aliphatic rings. The molecule has 0 amide bonds. The van der Waals surface area contributed by atoms with Crippen molar-refractivity contribution in [3.63, 3.8) is 0 Å². The van der Waals surface area contributed by atoms with E-state index in [1.165, 1.54) is 19.2 Å². The summed E-state index contributed by atoms with van der Waals surface area (Å²) >= 11 is 0. The van der Waals surface area contributed by atoms with Gasteiger partial charge < -0.3 is 14.9 Å². The van der Waals surface area contributed by atoms with Crippen LogP contribution in [-0.2, 0) is 0 Å². The zero-order chi connectivity index (χ0) is 23.2. The molecule has 1 aromatic heterocycles. The van der Waals surface area contributed by atoms with Crippen LogP contribution in [0.15, 0.2) is 84.9 Å². The maximum absolute atomic E-state index is 10.4. The maximum atomic E-state index is 10.4. The monoisotopic (exact) mass is 445 g/mol. The van der Waals surface area contributed by atoms with Crippen LogP contribution in [0, 0.1) is 0 Å². The third-order valence-corrected chi connectivity index (χ3v) is 6.05. The van der Waals surface area contributed by atoms with Crippen molar-refractivity contribution in [2.45, 2.75) is 0 Å². The highest BCUT2D eigenvalue weighted by Gasteiger charge is 2.19. The van der Waals surface area contributed by atoms with E-state index in [1.807, 2.05) is 30.3 Å². The number of ether oxygens (including phenoxy) is 1. The quantitative estimate of drug-likeness (QED) is 0.321. The number of methoxy groups -OCH3 is 1. The molecule has 6 aromatic rings. The van der Waals surface area contributed by atoms with E-state index in [0.29, 0.717) is 5.82 Å². The Morgan fingerprint density at radius 2 is 1.24 bits per heavy atom. The van der Waals surface area contributed by atoms with E-state index in [9.17, 15) is 10.2 Å². The highest BCUT2D eigenvalue weighted by Crippen LogP contribution is 2.39. The number of hydrogen-bond acceptors (Lipinski definition) is 6. The number of fused-ring (bicyclic) bond motifs is 5. The standard InChI is InChI=1S/C28H19N3O3/c1-34-28-30-26(29-27(31-28)25-23(32)11-6-12-24(25)33)22-15-21-17-8-3-2-7-16(17)13-14-20(21)18-9-4-5-10-19(18)22/h2-15,32-33H,1H3. The van der Waals surface area contributed by atoms with E-state index < -0.39 is 0 Å². The Bertz CT molecular complexity index is 1710. The highest BCUT2D eigenvalue weighted by molar-refractivity contribution is 6.20. The number of rotatable bonds is 3. The van der Waals surface area contributed by atoms with Crippen LogP contribution in [0.4, 0.5) is 0 Å². The maximum Gasteiger partial charge on any atom is 0.320 e. The van der Waals surface area contributed by atoms with Crippen LogP contribution in [-0.4, -0.2) is 32.3 Å². The van der Waals surface area contributed by atoms with E-state index in [0.717, 1.165) is 37.9 Å². The molecular formula is C28H19N3O3. The summed E-state index contributed by atoms with van der Waals surface area (Å²) in [7, 11) is 1.47. The average Bonchev–Trinajstić information content (AvgIpc) is 2.87. The lowest BCUT2D eigenvalue weighted by molar-refractivity contribution is 0.379. The third-order valence-electron chi connectivity index (χ3n) is 6.05. The number of aromatic nitrogens is 3. The van der Waals surface area contributed by atoms with Crippen molar-refractivity contribution in [1.82, 2.24) is 15.0 Å². The molecule has 0 aliphatic heterocycles. The van der Waals surface area contributed by atoms with E-state index in [4.69, 9.17) is 4.74 Å². The minimum atomic E-state index is -0.131. The Balaban J connectivity index is 1.72. The molecule has 6 rings (SSSR count). The second kappa shape index (κ2) is 7.71. The predicted octanol–water partition coefficient (Wildman–Crippen LogP) is 6.09. The molecule has 34 heavy (non-hydrogen) atoms. The fraction of sp³-hybridized carbons (Fsp3) is 0.0357. The van der Waals surface area contributed by atoms with Gasteiger partial charge in [0.25, 0.3) is 0 Å². The summed E-state index contributed by atoms with van der Waals surface area (Å²) in [5.74, 6) is 0.247. The van der Waals surface area contributed by atoms with Crippen molar-refractivity contribution < 1.29 is 14.9 Å². The number of phenols is 2. The van der Waals surface area contributed by atoms with Crippen molar-refractivity contribution in [3.05, 3.63) is 84.9 Å². The fourth-order valence-electron chi connectivity index (χ4n) is 4.48.